The number of aryl methyl sites for hydroxylation is 1. The molecule has 136 valence electrons. The van der Waals surface area contributed by atoms with Crippen molar-refractivity contribution in [1.29, 1.82) is 0 Å². The summed E-state index contributed by atoms with van der Waals surface area (Å²) in [6, 6.07) is 7.92. The van der Waals surface area contributed by atoms with Crippen LogP contribution in [0.5, 0.6) is 0 Å². The van der Waals surface area contributed by atoms with E-state index >= 15 is 0 Å². The van der Waals surface area contributed by atoms with Crippen LogP contribution in [0.4, 0.5) is 0 Å². The lowest BCUT2D eigenvalue weighted by atomic mass is 9.97. The second-order valence-corrected chi connectivity index (χ2v) is 6.82. The van der Waals surface area contributed by atoms with Crippen molar-refractivity contribution >= 4 is 11.8 Å². The maximum absolute atomic E-state index is 12.1. The highest BCUT2D eigenvalue weighted by atomic mass is 16.2. The van der Waals surface area contributed by atoms with Gasteiger partial charge in [0.15, 0.2) is 0 Å². The molecule has 0 atom stereocenters. The van der Waals surface area contributed by atoms with Crippen LogP contribution in [0.3, 0.4) is 0 Å². The number of hydrogen-bond donors (Lipinski definition) is 1. The quantitative estimate of drug-likeness (QED) is 0.736. The number of benzene rings is 1. The van der Waals surface area contributed by atoms with Gasteiger partial charge in [-0.25, -0.2) is 0 Å². The fourth-order valence-corrected chi connectivity index (χ4v) is 3.21. The molecule has 2 rings (SSSR count). The van der Waals surface area contributed by atoms with Gasteiger partial charge in [-0.1, -0.05) is 35.9 Å². The molecule has 0 aromatic heterocycles. The van der Waals surface area contributed by atoms with Crippen LogP contribution in [0.15, 0.2) is 35.9 Å². The highest BCUT2D eigenvalue weighted by Gasteiger charge is 2.12. The fourth-order valence-electron chi connectivity index (χ4n) is 3.21. The minimum absolute atomic E-state index is 0.00721. The average Bonchev–Trinajstić information content (AvgIpc) is 2.60. The molecule has 1 aliphatic rings. The van der Waals surface area contributed by atoms with Crippen LogP contribution < -0.4 is 5.32 Å². The predicted octanol–water partition coefficient (Wildman–Crippen LogP) is 3.39. The molecular formula is C21H30N2O2. The van der Waals surface area contributed by atoms with Crippen molar-refractivity contribution in [3.05, 3.63) is 47.0 Å². The third kappa shape index (κ3) is 6.73. The van der Waals surface area contributed by atoms with E-state index in [1.54, 1.807) is 6.92 Å². The number of nitrogens with zero attached hydrogens (tertiary/aromatic N) is 1. The molecule has 0 unspecified atom stereocenters. The van der Waals surface area contributed by atoms with Gasteiger partial charge in [0.25, 0.3) is 0 Å². The van der Waals surface area contributed by atoms with Gasteiger partial charge in [-0.2, -0.15) is 0 Å². The number of hydrogen-bond acceptors (Lipinski definition) is 2. The predicted molar refractivity (Wildman–Crippen MR) is 101 cm³/mol. The Morgan fingerprint density at radius 1 is 1.16 bits per heavy atom. The Bertz CT molecular complexity index is 622. The second-order valence-electron chi connectivity index (χ2n) is 6.82. The topological polar surface area (TPSA) is 49.4 Å². The van der Waals surface area contributed by atoms with Crippen LogP contribution in [-0.2, 0) is 16.0 Å². The third-order valence-electron chi connectivity index (χ3n) is 4.85. The first-order valence-corrected chi connectivity index (χ1v) is 9.31. The Kier molecular flexibility index (Phi) is 7.71. The molecule has 2 amide bonds. The largest absolute Gasteiger partial charge is 0.354 e. The maximum Gasteiger partial charge on any atom is 0.224 e. The van der Waals surface area contributed by atoms with Crippen molar-refractivity contribution in [2.45, 2.75) is 52.4 Å². The summed E-state index contributed by atoms with van der Waals surface area (Å²) in [7, 11) is 0. The third-order valence-corrected chi connectivity index (χ3v) is 4.85. The molecule has 0 fully saturated rings. The number of amides is 2. The maximum atomic E-state index is 12.1. The van der Waals surface area contributed by atoms with Crippen molar-refractivity contribution in [2.75, 3.05) is 19.6 Å². The molecule has 0 saturated heterocycles. The molecule has 1 aromatic carbocycles. The summed E-state index contributed by atoms with van der Waals surface area (Å²) >= 11 is 0. The van der Waals surface area contributed by atoms with Crippen LogP contribution in [-0.4, -0.2) is 36.3 Å². The molecule has 1 aromatic rings. The highest BCUT2D eigenvalue weighted by Crippen LogP contribution is 2.20. The number of allylic oxidation sites excluding steroid dienone is 1. The summed E-state index contributed by atoms with van der Waals surface area (Å²) in [6.07, 6.45) is 8.55. The first-order chi connectivity index (χ1) is 12.1. The summed E-state index contributed by atoms with van der Waals surface area (Å²) in [4.78, 5) is 25.8. The Balaban J connectivity index is 1.73. The van der Waals surface area contributed by atoms with E-state index in [0.29, 0.717) is 19.5 Å². The van der Waals surface area contributed by atoms with Gasteiger partial charge in [0.2, 0.25) is 11.8 Å². The second kappa shape index (κ2) is 10.0. The van der Waals surface area contributed by atoms with Crippen LogP contribution >= 0.6 is 0 Å². The zero-order valence-corrected chi connectivity index (χ0v) is 15.5. The van der Waals surface area contributed by atoms with Crippen LogP contribution in [0, 0.1) is 6.92 Å². The summed E-state index contributed by atoms with van der Waals surface area (Å²) in [5.74, 6) is 0.0809. The summed E-state index contributed by atoms with van der Waals surface area (Å²) in [6.45, 7) is 5.44. The lowest BCUT2D eigenvalue weighted by Crippen LogP contribution is -2.38. The van der Waals surface area contributed by atoms with E-state index in [0.717, 1.165) is 24.1 Å². The van der Waals surface area contributed by atoms with Crippen molar-refractivity contribution in [2.24, 2.45) is 0 Å². The fraction of sp³-hybridized carbons (Fsp3) is 0.524. The number of nitrogens with one attached hydrogen (secondary N) is 1. The molecule has 0 aliphatic heterocycles. The first-order valence-electron chi connectivity index (χ1n) is 9.31. The Labute approximate surface area is 151 Å². The molecule has 0 radical (unpaired) electrons. The number of carbonyl (C=O) groups excluding carboxylic acids is 2. The van der Waals surface area contributed by atoms with Gasteiger partial charge in [-0.05, 0) is 50.2 Å². The zero-order chi connectivity index (χ0) is 18.1. The van der Waals surface area contributed by atoms with Crippen molar-refractivity contribution in [3.63, 3.8) is 0 Å². The van der Waals surface area contributed by atoms with Gasteiger partial charge in [0, 0.05) is 26.6 Å². The SMILES string of the molecule is CC(=O)N(CCNC(=O)Cc1ccccc1C)CCC1=CCCCC1. The number of rotatable bonds is 8. The smallest absolute Gasteiger partial charge is 0.224 e. The zero-order valence-electron chi connectivity index (χ0n) is 15.5. The van der Waals surface area contributed by atoms with Crippen LogP contribution in [0.25, 0.3) is 0 Å². The van der Waals surface area contributed by atoms with Gasteiger partial charge in [-0.15, -0.1) is 0 Å². The van der Waals surface area contributed by atoms with E-state index in [1.807, 2.05) is 36.1 Å². The van der Waals surface area contributed by atoms with E-state index in [9.17, 15) is 9.59 Å². The molecular weight excluding hydrogens is 312 g/mol. The van der Waals surface area contributed by atoms with Gasteiger partial charge < -0.3 is 10.2 Å². The highest BCUT2D eigenvalue weighted by molar-refractivity contribution is 5.79. The van der Waals surface area contributed by atoms with Crippen molar-refractivity contribution < 1.29 is 9.59 Å². The monoisotopic (exact) mass is 342 g/mol. The first kappa shape index (κ1) is 19.2. The summed E-state index contributed by atoms with van der Waals surface area (Å²) in [5.41, 5.74) is 3.65. The van der Waals surface area contributed by atoms with Crippen molar-refractivity contribution in [3.8, 4) is 0 Å². The molecule has 25 heavy (non-hydrogen) atoms. The van der Waals surface area contributed by atoms with Gasteiger partial charge in [0.1, 0.15) is 0 Å². The van der Waals surface area contributed by atoms with Gasteiger partial charge in [-0.3, -0.25) is 9.59 Å². The lowest BCUT2D eigenvalue weighted by Gasteiger charge is -2.23. The molecule has 0 spiro atoms. The van der Waals surface area contributed by atoms with E-state index < -0.39 is 0 Å². The summed E-state index contributed by atoms with van der Waals surface area (Å²) < 4.78 is 0. The van der Waals surface area contributed by atoms with Crippen LogP contribution in [0.2, 0.25) is 0 Å². The number of carbonyl (C=O) groups is 2. The van der Waals surface area contributed by atoms with Gasteiger partial charge >= 0.3 is 0 Å². The van der Waals surface area contributed by atoms with Crippen molar-refractivity contribution in [1.82, 2.24) is 10.2 Å². The lowest BCUT2D eigenvalue weighted by molar-refractivity contribution is -0.129. The minimum atomic E-state index is 0.00721. The molecule has 4 heteroatoms. The average molecular weight is 342 g/mol. The standard InChI is InChI=1S/C21H30N2O2/c1-17-8-6-7-11-20(17)16-21(25)22-13-15-23(18(2)24)14-12-19-9-4-3-5-10-19/h6-9,11H,3-5,10,12-16H2,1-2H3,(H,22,25). The van der Waals surface area contributed by atoms with Crippen LogP contribution in [0.1, 0.15) is 50.2 Å². The Morgan fingerprint density at radius 2 is 1.96 bits per heavy atom. The van der Waals surface area contributed by atoms with Gasteiger partial charge in [0.05, 0.1) is 6.42 Å². The summed E-state index contributed by atoms with van der Waals surface area (Å²) in [5, 5.41) is 2.93. The van der Waals surface area contributed by atoms with E-state index in [4.69, 9.17) is 0 Å². The molecule has 0 heterocycles. The van der Waals surface area contributed by atoms with E-state index in [-0.39, 0.29) is 11.8 Å². The Morgan fingerprint density at radius 3 is 2.64 bits per heavy atom. The Hall–Kier alpha value is -2.10. The normalized spacial score (nSPS) is 13.9. The molecule has 1 N–H and O–H groups in total. The molecule has 0 saturated carbocycles. The molecule has 0 bridgehead atoms. The minimum Gasteiger partial charge on any atom is -0.354 e. The van der Waals surface area contributed by atoms with E-state index in [1.165, 1.54) is 31.3 Å². The molecule has 4 nitrogen and oxygen atoms in total. The molecule has 1 aliphatic carbocycles. The van der Waals surface area contributed by atoms with E-state index in [2.05, 4.69) is 11.4 Å².